The first kappa shape index (κ1) is 16.9. The van der Waals surface area contributed by atoms with Crippen LogP contribution in [0.25, 0.3) is 0 Å². The number of rotatable bonds is 3. The summed E-state index contributed by atoms with van der Waals surface area (Å²) in [7, 11) is 3.81. The Hall–Kier alpha value is -2.50. The van der Waals surface area contributed by atoms with Crippen LogP contribution in [0, 0.1) is 6.92 Å². The molecule has 0 spiro atoms. The Morgan fingerprint density at radius 2 is 1.65 bits per heavy atom. The number of amides is 1. The van der Waals surface area contributed by atoms with Gasteiger partial charge in [-0.3, -0.25) is 4.79 Å². The van der Waals surface area contributed by atoms with Gasteiger partial charge in [-0.15, -0.1) is 0 Å². The molecule has 6 heteroatoms. The van der Waals surface area contributed by atoms with E-state index < -0.39 is 11.7 Å². The SMILES string of the molecule is Cc1cc(C(=O)Nc2ccc(C(F)(F)F)cc2)ccc1N(C)C. The Balaban J connectivity index is 2.14. The van der Waals surface area contributed by atoms with Gasteiger partial charge >= 0.3 is 6.18 Å². The van der Waals surface area contributed by atoms with Crippen molar-refractivity contribution in [2.75, 3.05) is 24.3 Å². The Kier molecular flexibility index (Phi) is 4.63. The van der Waals surface area contributed by atoms with Crippen LogP contribution in [0.1, 0.15) is 21.5 Å². The summed E-state index contributed by atoms with van der Waals surface area (Å²) in [5.41, 5.74) is 1.96. The van der Waals surface area contributed by atoms with Crippen LogP contribution in [0.2, 0.25) is 0 Å². The molecule has 0 atom stereocenters. The van der Waals surface area contributed by atoms with E-state index >= 15 is 0 Å². The number of nitrogens with zero attached hydrogens (tertiary/aromatic N) is 1. The fraction of sp³-hybridized carbons (Fsp3) is 0.235. The van der Waals surface area contributed by atoms with Gasteiger partial charge in [0.05, 0.1) is 5.56 Å². The molecule has 23 heavy (non-hydrogen) atoms. The maximum atomic E-state index is 12.5. The normalized spacial score (nSPS) is 11.2. The van der Waals surface area contributed by atoms with Crippen molar-refractivity contribution in [1.29, 1.82) is 0 Å². The van der Waals surface area contributed by atoms with Gasteiger partial charge in [0.1, 0.15) is 0 Å². The Morgan fingerprint density at radius 3 is 2.13 bits per heavy atom. The summed E-state index contributed by atoms with van der Waals surface area (Å²) in [6, 6.07) is 9.61. The van der Waals surface area contributed by atoms with E-state index in [1.807, 2.05) is 32.0 Å². The monoisotopic (exact) mass is 322 g/mol. The number of carbonyl (C=O) groups excluding carboxylic acids is 1. The van der Waals surface area contributed by atoms with Crippen molar-refractivity contribution < 1.29 is 18.0 Å². The number of halogens is 3. The summed E-state index contributed by atoms with van der Waals surface area (Å²) in [5.74, 6) is -0.363. The standard InChI is InChI=1S/C17H17F3N2O/c1-11-10-12(4-9-15(11)22(2)3)16(23)21-14-7-5-13(6-8-14)17(18,19)20/h4-10H,1-3H3,(H,21,23). The number of hydrogen-bond acceptors (Lipinski definition) is 2. The van der Waals surface area contributed by atoms with Gasteiger partial charge in [0.15, 0.2) is 0 Å². The molecule has 0 unspecified atom stereocenters. The zero-order chi connectivity index (χ0) is 17.2. The minimum absolute atomic E-state index is 0.317. The van der Waals surface area contributed by atoms with Gasteiger partial charge in [-0.25, -0.2) is 0 Å². The highest BCUT2D eigenvalue weighted by Gasteiger charge is 2.29. The first-order valence-corrected chi connectivity index (χ1v) is 6.95. The molecule has 2 rings (SSSR count). The van der Waals surface area contributed by atoms with Crippen LogP contribution in [0.5, 0.6) is 0 Å². The molecule has 1 amide bonds. The third-order valence-corrected chi connectivity index (χ3v) is 3.41. The number of benzene rings is 2. The van der Waals surface area contributed by atoms with Gasteiger partial charge in [-0.05, 0) is 55.0 Å². The molecule has 0 bridgehead atoms. The predicted octanol–water partition coefficient (Wildman–Crippen LogP) is 4.33. The molecule has 0 aliphatic rings. The van der Waals surface area contributed by atoms with Crippen molar-refractivity contribution >= 4 is 17.3 Å². The van der Waals surface area contributed by atoms with Crippen molar-refractivity contribution in [3.05, 3.63) is 59.2 Å². The van der Waals surface area contributed by atoms with E-state index in [9.17, 15) is 18.0 Å². The van der Waals surface area contributed by atoms with Crippen LogP contribution >= 0.6 is 0 Å². The van der Waals surface area contributed by atoms with Crippen molar-refractivity contribution in [3.8, 4) is 0 Å². The summed E-state index contributed by atoms with van der Waals surface area (Å²) < 4.78 is 37.5. The summed E-state index contributed by atoms with van der Waals surface area (Å²) in [4.78, 5) is 14.1. The second-order valence-electron chi connectivity index (χ2n) is 5.42. The van der Waals surface area contributed by atoms with Crippen LogP contribution in [-0.2, 0) is 6.18 Å². The van der Waals surface area contributed by atoms with Gasteiger partial charge < -0.3 is 10.2 Å². The van der Waals surface area contributed by atoms with Gasteiger partial charge in [0, 0.05) is 31.0 Å². The summed E-state index contributed by atoms with van der Waals surface area (Å²) in [6.45, 7) is 1.89. The van der Waals surface area contributed by atoms with E-state index in [0.717, 1.165) is 23.4 Å². The average Bonchev–Trinajstić information content (AvgIpc) is 2.46. The predicted molar refractivity (Wildman–Crippen MR) is 84.9 cm³/mol. The molecule has 0 fully saturated rings. The van der Waals surface area contributed by atoms with E-state index in [0.29, 0.717) is 11.3 Å². The molecule has 1 N–H and O–H groups in total. The first-order chi connectivity index (χ1) is 10.7. The van der Waals surface area contributed by atoms with Gasteiger partial charge in [0.25, 0.3) is 5.91 Å². The molecular weight excluding hydrogens is 305 g/mol. The lowest BCUT2D eigenvalue weighted by molar-refractivity contribution is -0.137. The molecule has 122 valence electrons. The molecular formula is C17H17F3N2O. The highest BCUT2D eigenvalue weighted by atomic mass is 19.4. The van der Waals surface area contributed by atoms with Crippen molar-refractivity contribution in [2.24, 2.45) is 0 Å². The van der Waals surface area contributed by atoms with Gasteiger partial charge in [0.2, 0.25) is 0 Å². The lowest BCUT2D eigenvalue weighted by Crippen LogP contribution is -2.14. The Morgan fingerprint density at radius 1 is 1.04 bits per heavy atom. The molecule has 2 aromatic carbocycles. The fourth-order valence-electron chi connectivity index (χ4n) is 2.24. The minimum Gasteiger partial charge on any atom is -0.377 e. The van der Waals surface area contributed by atoms with Gasteiger partial charge in [-0.2, -0.15) is 13.2 Å². The van der Waals surface area contributed by atoms with Crippen LogP contribution < -0.4 is 10.2 Å². The largest absolute Gasteiger partial charge is 0.416 e. The third-order valence-electron chi connectivity index (χ3n) is 3.41. The van der Waals surface area contributed by atoms with Gasteiger partial charge in [-0.1, -0.05) is 0 Å². The summed E-state index contributed by atoms with van der Waals surface area (Å²) in [5, 5.41) is 2.59. The van der Waals surface area contributed by atoms with E-state index in [1.165, 1.54) is 12.1 Å². The Labute approximate surface area is 132 Å². The lowest BCUT2D eigenvalue weighted by atomic mass is 10.1. The second kappa shape index (κ2) is 6.32. The molecule has 3 nitrogen and oxygen atoms in total. The smallest absolute Gasteiger partial charge is 0.377 e. The molecule has 0 saturated carbocycles. The molecule has 0 aliphatic carbocycles. The van der Waals surface area contributed by atoms with Crippen LogP contribution in [-0.4, -0.2) is 20.0 Å². The zero-order valence-electron chi connectivity index (χ0n) is 13.0. The van der Waals surface area contributed by atoms with Crippen LogP contribution in [0.3, 0.4) is 0 Å². The number of hydrogen-bond donors (Lipinski definition) is 1. The fourth-order valence-corrected chi connectivity index (χ4v) is 2.24. The maximum Gasteiger partial charge on any atom is 0.416 e. The Bertz CT molecular complexity index is 707. The quantitative estimate of drug-likeness (QED) is 0.912. The van der Waals surface area contributed by atoms with Crippen molar-refractivity contribution in [1.82, 2.24) is 0 Å². The van der Waals surface area contributed by atoms with E-state index in [2.05, 4.69) is 5.32 Å². The van der Waals surface area contributed by atoms with E-state index in [1.54, 1.807) is 12.1 Å². The molecule has 0 heterocycles. The topological polar surface area (TPSA) is 32.3 Å². The lowest BCUT2D eigenvalue weighted by Gasteiger charge is -2.16. The van der Waals surface area contributed by atoms with Crippen LogP contribution in [0.4, 0.5) is 24.5 Å². The number of alkyl halides is 3. The number of aryl methyl sites for hydroxylation is 1. The van der Waals surface area contributed by atoms with Crippen molar-refractivity contribution in [3.63, 3.8) is 0 Å². The highest BCUT2D eigenvalue weighted by molar-refractivity contribution is 6.04. The number of anilines is 2. The highest BCUT2D eigenvalue weighted by Crippen LogP contribution is 2.30. The van der Waals surface area contributed by atoms with E-state index in [-0.39, 0.29) is 5.91 Å². The first-order valence-electron chi connectivity index (χ1n) is 6.95. The van der Waals surface area contributed by atoms with Crippen molar-refractivity contribution in [2.45, 2.75) is 13.1 Å². The van der Waals surface area contributed by atoms with E-state index in [4.69, 9.17) is 0 Å². The molecule has 0 saturated heterocycles. The molecule has 0 aromatic heterocycles. The van der Waals surface area contributed by atoms with Crippen LogP contribution in [0.15, 0.2) is 42.5 Å². The molecule has 0 aliphatic heterocycles. The zero-order valence-corrected chi connectivity index (χ0v) is 13.0. The number of carbonyl (C=O) groups is 1. The summed E-state index contributed by atoms with van der Waals surface area (Å²) >= 11 is 0. The maximum absolute atomic E-state index is 12.5. The molecule has 0 radical (unpaired) electrons. The number of nitrogens with one attached hydrogen (secondary N) is 1. The summed E-state index contributed by atoms with van der Waals surface area (Å²) in [6.07, 6.45) is -4.39. The third kappa shape index (κ3) is 4.03. The minimum atomic E-state index is -4.39. The second-order valence-corrected chi connectivity index (χ2v) is 5.42. The molecule has 2 aromatic rings. The average molecular weight is 322 g/mol.